The summed E-state index contributed by atoms with van der Waals surface area (Å²) in [6.45, 7) is 9.64. The van der Waals surface area contributed by atoms with Crippen LogP contribution in [0.15, 0.2) is 65.4 Å². The summed E-state index contributed by atoms with van der Waals surface area (Å²) in [5.74, 6) is 0.778. The maximum absolute atomic E-state index is 15.6. The molecule has 0 bridgehead atoms. The smallest absolute Gasteiger partial charge is 0.186 e. The van der Waals surface area contributed by atoms with Gasteiger partial charge in [0.1, 0.15) is 17.7 Å². The minimum absolute atomic E-state index is 0.0159. The third kappa shape index (κ3) is 3.90. The molecule has 1 spiro atoms. The molecule has 4 aliphatic rings. The summed E-state index contributed by atoms with van der Waals surface area (Å²) in [7, 11) is 0. The van der Waals surface area contributed by atoms with Crippen LogP contribution in [0.25, 0.3) is 10.9 Å². The monoisotopic (exact) mass is 555 g/mol. The SMILES string of the molecule is C=C(Nc1nccs1)C(c1ncn2c1CCC2)n1cc2c(F)cc(C3C=NC(N4CC5(CNC5)C4)=CC3)cc2n1. The van der Waals surface area contributed by atoms with Crippen LogP contribution in [0.4, 0.5) is 9.52 Å². The molecular weight excluding hydrogens is 525 g/mol. The molecule has 3 aromatic heterocycles. The van der Waals surface area contributed by atoms with Crippen molar-refractivity contribution in [3.05, 3.63) is 83.2 Å². The molecule has 0 radical (unpaired) electrons. The summed E-state index contributed by atoms with van der Waals surface area (Å²) in [6, 6.07) is 3.23. The number of anilines is 1. The number of aromatic nitrogens is 5. The molecule has 2 N–H and O–H groups in total. The Morgan fingerprint density at radius 3 is 2.90 bits per heavy atom. The molecule has 2 atom stereocenters. The van der Waals surface area contributed by atoms with E-state index in [1.54, 1.807) is 23.1 Å². The number of imidazole rings is 1. The lowest BCUT2D eigenvalue weighted by molar-refractivity contribution is -0.0174. The van der Waals surface area contributed by atoms with Crippen molar-refractivity contribution < 1.29 is 4.39 Å². The first-order chi connectivity index (χ1) is 19.6. The van der Waals surface area contributed by atoms with Gasteiger partial charge < -0.3 is 20.1 Å². The molecule has 204 valence electrons. The predicted octanol–water partition coefficient (Wildman–Crippen LogP) is 4.29. The number of hydrogen-bond donors (Lipinski definition) is 2. The van der Waals surface area contributed by atoms with Crippen molar-refractivity contribution in [2.45, 2.75) is 37.8 Å². The fourth-order valence-electron chi connectivity index (χ4n) is 6.51. The van der Waals surface area contributed by atoms with Gasteiger partial charge in [0.15, 0.2) is 5.13 Å². The lowest BCUT2D eigenvalue weighted by Crippen LogP contribution is -2.70. The molecule has 0 amide bonds. The molecule has 2 saturated heterocycles. The third-order valence-corrected chi connectivity index (χ3v) is 9.39. The molecule has 0 saturated carbocycles. The molecule has 8 rings (SSSR count). The van der Waals surface area contributed by atoms with E-state index in [1.165, 1.54) is 17.0 Å². The van der Waals surface area contributed by atoms with Crippen LogP contribution in [0.2, 0.25) is 0 Å². The molecule has 40 heavy (non-hydrogen) atoms. The number of likely N-dealkylation sites (tertiary alicyclic amines) is 1. The van der Waals surface area contributed by atoms with Gasteiger partial charge in [0.05, 0.1) is 22.9 Å². The lowest BCUT2D eigenvalue weighted by atomic mass is 9.74. The van der Waals surface area contributed by atoms with E-state index < -0.39 is 6.04 Å². The highest BCUT2D eigenvalue weighted by atomic mass is 32.1. The van der Waals surface area contributed by atoms with Crippen molar-refractivity contribution in [1.82, 2.24) is 34.5 Å². The van der Waals surface area contributed by atoms with E-state index in [0.29, 0.717) is 22.0 Å². The van der Waals surface area contributed by atoms with Gasteiger partial charge in [-0.25, -0.2) is 19.4 Å². The zero-order valence-electron chi connectivity index (χ0n) is 22.1. The normalized spacial score (nSPS) is 21.7. The van der Waals surface area contributed by atoms with E-state index in [2.05, 4.69) is 37.7 Å². The zero-order valence-corrected chi connectivity index (χ0v) is 22.9. The minimum Gasteiger partial charge on any atom is -0.355 e. The number of nitrogens with zero attached hydrogens (tertiary/aromatic N) is 7. The number of aliphatic imine (C=N–C) groups is 1. The van der Waals surface area contributed by atoms with Crippen molar-refractivity contribution in [2.75, 3.05) is 31.5 Å². The Hall–Kier alpha value is -3.83. The van der Waals surface area contributed by atoms with Crippen molar-refractivity contribution in [3.8, 4) is 0 Å². The van der Waals surface area contributed by atoms with Crippen LogP contribution in [0.3, 0.4) is 0 Å². The van der Waals surface area contributed by atoms with Gasteiger partial charge in [0, 0.05) is 79.4 Å². The number of halogens is 1. The van der Waals surface area contributed by atoms with Gasteiger partial charge in [-0.2, -0.15) is 5.10 Å². The second-order valence-electron chi connectivity index (χ2n) is 11.5. The second kappa shape index (κ2) is 9.10. The molecule has 4 aliphatic heterocycles. The quantitative estimate of drug-likeness (QED) is 0.354. The number of nitrogens with one attached hydrogen (secondary N) is 2. The number of fused-ring (bicyclic) bond motifs is 2. The predicted molar refractivity (Wildman–Crippen MR) is 154 cm³/mol. The fourth-order valence-corrected chi connectivity index (χ4v) is 7.07. The highest BCUT2D eigenvalue weighted by Gasteiger charge is 2.48. The van der Waals surface area contributed by atoms with Gasteiger partial charge in [-0.1, -0.05) is 6.58 Å². The molecule has 9 nitrogen and oxygen atoms in total. The highest BCUT2D eigenvalue weighted by molar-refractivity contribution is 7.13. The van der Waals surface area contributed by atoms with Gasteiger partial charge in [-0.05, 0) is 43.0 Å². The number of thiazole rings is 1. The lowest BCUT2D eigenvalue weighted by Gasteiger charge is -2.57. The largest absolute Gasteiger partial charge is 0.355 e. The van der Waals surface area contributed by atoms with E-state index in [9.17, 15) is 0 Å². The standard InChI is InChI=1S/C29H30FN9S/c1-18(35-28-32-6-8-40-28)27(26-24-3-2-7-37(24)17-34-26)39-12-21-22(30)9-20(10-23(21)36-39)19-4-5-25(33-11-19)38-15-29(16-38)13-31-14-29/h5-6,8-12,17,19,27,31H,1-4,7,13-16H2,(H,32,35). The molecule has 2 unspecified atom stereocenters. The van der Waals surface area contributed by atoms with Crippen LogP contribution in [0.5, 0.6) is 0 Å². The average Bonchev–Trinajstić information content (AvgIpc) is 3.69. The summed E-state index contributed by atoms with van der Waals surface area (Å²) in [5.41, 5.74) is 4.72. The van der Waals surface area contributed by atoms with Gasteiger partial charge in [-0.15, -0.1) is 11.3 Å². The summed E-state index contributed by atoms with van der Waals surface area (Å²) in [5, 5.41) is 14.7. The van der Waals surface area contributed by atoms with Crippen LogP contribution in [-0.4, -0.2) is 61.6 Å². The zero-order chi connectivity index (χ0) is 26.8. The Kier molecular flexibility index (Phi) is 5.46. The molecule has 2 fully saturated rings. The van der Waals surface area contributed by atoms with Gasteiger partial charge in [0.25, 0.3) is 0 Å². The van der Waals surface area contributed by atoms with Crippen molar-refractivity contribution in [1.29, 1.82) is 0 Å². The number of benzene rings is 1. The Bertz CT molecular complexity index is 1670. The summed E-state index contributed by atoms with van der Waals surface area (Å²) < 4.78 is 19.5. The number of hydrogen-bond acceptors (Lipinski definition) is 8. The van der Waals surface area contributed by atoms with Crippen molar-refractivity contribution in [3.63, 3.8) is 0 Å². The minimum atomic E-state index is -0.402. The van der Waals surface area contributed by atoms with E-state index in [1.807, 2.05) is 24.0 Å². The first-order valence-corrected chi connectivity index (χ1v) is 14.7. The van der Waals surface area contributed by atoms with Crippen LogP contribution in [-0.2, 0) is 13.0 Å². The first kappa shape index (κ1) is 24.0. The van der Waals surface area contributed by atoms with Gasteiger partial charge in [-0.3, -0.25) is 4.68 Å². The Labute approximate surface area is 235 Å². The summed E-state index contributed by atoms with van der Waals surface area (Å²) >= 11 is 1.50. The van der Waals surface area contributed by atoms with E-state index in [4.69, 9.17) is 15.1 Å². The Balaban J connectivity index is 1.09. The van der Waals surface area contributed by atoms with Crippen molar-refractivity contribution in [2.24, 2.45) is 10.4 Å². The molecule has 1 aromatic carbocycles. The molecule has 4 aromatic rings. The number of allylic oxidation sites excluding steroid dienone is 2. The summed E-state index contributed by atoms with van der Waals surface area (Å²) in [6.07, 6.45) is 12.4. The number of aryl methyl sites for hydroxylation is 1. The Morgan fingerprint density at radius 1 is 1.25 bits per heavy atom. The average molecular weight is 556 g/mol. The van der Waals surface area contributed by atoms with E-state index in [-0.39, 0.29) is 11.7 Å². The fraction of sp³-hybridized carbons (Fsp3) is 0.379. The highest BCUT2D eigenvalue weighted by Crippen LogP contribution is 2.39. The first-order valence-electron chi connectivity index (χ1n) is 13.8. The topological polar surface area (TPSA) is 88.2 Å². The van der Waals surface area contributed by atoms with E-state index in [0.717, 1.165) is 74.2 Å². The molecule has 7 heterocycles. The van der Waals surface area contributed by atoms with Crippen LogP contribution >= 0.6 is 11.3 Å². The van der Waals surface area contributed by atoms with Crippen LogP contribution in [0.1, 0.15) is 41.8 Å². The van der Waals surface area contributed by atoms with Gasteiger partial charge in [0.2, 0.25) is 0 Å². The Morgan fingerprint density at radius 2 is 2.15 bits per heavy atom. The molecule has 11 heteroatoms. The maximum Gasteiger partial charge on any atom is 0.186 e. The van der Waals surface area contributed by atoms with Crippen LogP contribution < -0.4 is 10.6 Å². The third-order valence-electron chi connectivity index (χ3n) is 8.70. The van der Waals surface area contributed by atoms with Crippen molar-refractivity contribution >= 4 is 33.6 Å². The number of rotatable bonds is 7. The van der Waals surface area contributed by atoms with Crippen LogP contribution in [0, 0.1) is 11.2 Å². The molecule has 0 aliphatic carbocycles. The van der Waals surface area contributed by atoms with E-state index >= 15 is 4.39 Å². The second-order valence-corrected chi connectivity index (χ2v) is 12.3. The molecular formula is C29H30FN9S. The van der Waals surface area contributed by atoms with Gasteiger partial charge >= 0.3 is 0 Å². The maximum atomic E-state index is 15.6. The summed E-state index contributed by atoms with van der Waals surface area (Å²) in [4.78, 5) is 16.2.